The van der Waals surface area contributed by atoms with Crippen molar-refractivity contribution in [2.24, 2.45) is 0 Å². The van der Waals surface area contributed by atoms with E-state index in [1.165, 1.54) is 36.8 Å². The first-order valence-corrected chi connectivity index (χ1v) is 7.22. The molecule has 2 aromatic rings. The number of rotatable bonds is 2. The van der Waals surface area contributed by atoms with Gasteiger partial charge in [0, 0.05) is 5.54 Å². The van der Waals surface area contributed by atoms with Gasteiger partial charge in [-0.3, -0.25) is 0 Å². The molecule has 0 amide bonds. The van der Waals surface area contributed by atoms with E-state index in [4.69, 9.17) is 16.6 Å². The summed E-state index contributed by atoms with van der Waals surface area (Å²) >= 11 is 6.10. The van der Waals surface area contributed by atoms with Crippen LogP contribution in [0.4, 0.5) is 0 Å². The predicted octanol–water partition coefficient (Wildman–Crippen LogP) is 4.37. The molecule has 3 heteroatoms. The minimum atomic E-state index is 0.201. The van der Waals surface area contributed by atoms with Gasteiger partial charge in [0.15, 0.2) is 0 Å². The lowest BCUT2D eigenvalue weighted by atomic mass is 9.99. The molecule has 1 aliphatic rings. The number of aryl methyl sites for hydroxylation is 1. The van der Waals surface area contributed by atoms with E-state index >= 15 is 0 Å². The Hall–Kier alpha value is -1.02. The van der Waals surface area contributed by atoms with E-state index in [1.54, 1.807) is 0 Å². The fraction of sp³-hybridized carbons (Fsp3) is 0.533. The minimum Gasteiger partial charge on any atom is -0.321 e. The van der Waals surface area contributed by atoms with E-state index in [1.807, 2.05) is 0 Å². The van der Waals surface area contributed by atoms with Crippen LogP contribution < -0.4 is 0 Å². The molecule has 2 nitrogen and oxygen atoms in total. The molecule has 1 aromatic carbocycles. The number of nitrogens with zero attached hydrogens (tertiary/aromatic N) is 2. The van der Waals surface area contributed by atoms with Gasteiger partial charge in [-0.05, 0) is 44.4 Å². The van der Waals surface area contributed by atoms with E-state index < -0.39 is 0 Å². The molecule has 1 aromatic heterocycles. The van der Waals surface area contributed by atoms with Gasteiger partial charge in [-0.2, -0.15) is 0 Å². The van der Waals surface area contributed by atoms with Gasteiger partial charge in [-0.1, -0.05) is 18.9 Å². The fourth-order valence-electron chi connectivity index (χ4n) is 3.29. The summed E-state index contributed by atoms with van der Waals surface area (Å²) in [5.74, 6) is 1.50. The molecule has 0 atom stereocenters. The molecule has 1 heterocycles. The number of halogens is 1. The van der Waals surface area contributed by atoms with Gasteiger partial charge in [0.2, 0.25) is 0 Å². The van der Waals surface area contributed by atoms with E-state index in [2.05, 4.69) is 36.6 Å². The number of imidazole rings is 1. The third-order valence-corrected chi connectivity index (χ3v) is 4.46. The molecule has 1 aliphatic carbocycles. The highest BCUT2D eigenvalue weighted by Crippen LogP contribution is 2.39. The Morgan fingerprint density at radius 3 is 2.72 bits per heavy atom. The molecule has 0 spiro atoms. The van der Waals surface area contributed by atoms with Crippen LogP contribution in [-0.2, 0) is 11.4 Å². The first-order valence-electron chi connectivity index (χ1n) is 6.68. The van der Waals surface area contributed by atoms with Gasteiger partial charge in [0.05, 0.1) is 16.9 Å². The van der Waals surface area contributed by atoms with Crippen LogP contribution in [0.25, 0.3) is 11.0 Å². The number of alkyl halides is 1. The molecule has 1 fully saturated rings. The quantitative estimate of drug-likeness (QED) is 0.735. The lowest BCUT2D eigenvalue weighted by Gasteiger charge is -2.28. The van der Waals surface area contributed by atoms with E-state index in [0.717, 1.165) is 11.3 Å². The van der Waals surface area contributed by atoms with Crippen molar-refractivity contribution in [2.75, 3.05) is 0 Å². The Morgan fingerprint density at radius 1 is 1.33 bits per heavy atom. The van der Waals surface area contributed by atoms with Crippen LogP contribution in [-0.4, -0.2) is 9.55 Å². The predicted molar refractivity (Wildman–Crippen MR) is 76.1 cm³/mol. The number of benzene rings is 1. The summed E-state index contributed by atoms with van der Waals surface area (Å²) in [5.41, 5.74) is 3.80. The Kier molecular flexibility index (Phi) is 2.86. The number of fused-ring (bicyclic) bond motifs is 1. The zero-order valence-corrected chi connectivity index (χ0v) is 11.8. The van der Waals surface area contributed by atoms with Gasteiger partial charge in [0.1, 0.15) is 5.82 Å². The number of hydrogen-bond donors (Lipinski definition) is 0. The van der Waals surface area contributed by atoms with Gasteiger partial charge < -0.3 is 4.57 Å². The Labute approximate surface area is 113 Å². The van der Waals surface area contributed by atoms with Gasteiger partial charge in [-0.25, -0.2) is 4.98 Å². The summed E-state index contributed by atoms with van der Waals surface area (Å²) in [5, 5.41) is 0. The summed E-state index contributed by atoms with van der Waals surface area (Å²) in [6.45, 7) is 4.48. The summed E-state index contributed by atoms with van der Waals surface area (Å²) in [7, 11) is 0. The smallest absolute Gasteiger partial charge is 0.125 e. The number of hydrogen-bond acceptors (Lipinski definition) is 1. The zero-order chi connectivity index (χ0) is 12.8. The van der Waals surface area contributed by atoms with Crippen LogP contribution in [0.1, 0.15) is 44.0 Å². The first kappa shape index (κ1) is 12.0. The third-order valence-electron chi connectivity index (χ3n) is 4.22. The highest BCUT2D eigenvalue weighted by Gasteiger charge is 2.33. The SMILES string of the molecule is Cc1ccc2nc(CCl)n(C3(C)CCCC3)c2c1. The third kappa shape index (κ3) is 1.74. The molecule has 0 aliphatic heterocycles. The molecule has 0 unspecified atom stereocenters. The Morgan fingerprint density at radius 2 is 2.06 bits per heavy atom. The van der Waals surface area contributed by atoms with Crippen LogP contribution in [0, 0.1) is 6.92 Å². The molecule has 0 bridgehead atoms. The molecule has 0 radical (unpaired) electrons. The molecule has 0 saturated heterocycles. The maximum absolute atomic E-state index is 6.10. The second-order valence-corrected chi connectivity index (χ2v) is 5.96. The van der Waals surface area contributed by atoms with E-state index in [0.29, 0.717) is 5.88 Å². The first-order chi connectivity index (χ1) is 8.64. The van der Waals surface area contributed by atoms with Gasteiger partial charge in [-0.15, -0.1) is 11.6 Å². The highest BCUT2D eigenvalue weighted by atomic mass is 35.5. The fourth-order valence-corrected chi connectivity index (χ4v) is 3.47. The molecule has 18 heavy (non-hydrogen) atoms. The Balaban J connectivity index is 2.27. The largest absolute Gasteiger partial charge is 0.321 e. The van der Waals surface area contributed by atoms with Crippen molar-refractivity contribution >= 4 is 22.6 Å². The zero-order valence-electron chi connectivity index (χ0n) is 11.0. The van der Waals surface area contributed by atoms with Crippen molar-refractivity contribution in [3.05, 3.63) is 29.6 Å². The Bertz CT molecular complexity index is 579. The average molecular weight is 263 g/mol. The summed E-state index contributed by atoms with van der Waals surface area (Å²) in [6, 6.07) is 6.46. The van der Waals surface area contributed by atoms with Crippen molar-refractivity contribution in [3.8, 4) is 0 Å². The summed E-state index contributed by atoms with van der Waals surface area (Å²) in [6.07, 6.45) is 5.08. The monoisotopic (exact) mass is 262 g/mol. The normalized spacial score (nSPS) is 18.6. The van der Waals surface area contributed by atoms with Crippen molar-refractivity contribution in [2.45, 2.75) is 50.9 Å². The van der Waals surface area contributed by atoms with Crippen LogP contribution in [0.2, 0.25) is 0 Å². The van der Waals surface area contributed by atoms with Crippen LogP contribution >= 0.6 is 11.6 Å². The van der Waals surface area contributed by atoms with Crippen LogP contribution in [0.3, 0.4) is 0 Å². The van der Waals surface area contributed by atoms with Crippen LogP contribution in [0.15, 0.2) is 18.2 Å². The standard InChI is InChI=1S/C15H19ClN2/c1-11-5-6-12-13(9-11)18(14(10-16)17-12)15(2)7-3-4-8-15/h5-6,9H,3-4,7-8,10H2,1-2H3. The summed E-state index contributed by atoms with van der Waals surface area (Å²) in [4.78, 5) is 4.69. The molecule has 96 valence electrons. The van der Waals surface area contributed by atoms with E-state index in [-0.39, 0.29) is 5.54 Å². The van der Waals surface area contributed by atoms with Gasteiger partial charge in [0.25, 0.3) is 0 Å². The second-order valence-electron chi connectivity index (χ2n) is 5.69. The molecule has 0 N–H and O–H groups in total. The maximum Gasteiger partial charge on any atom is 0.125 e. The topological polar surface area (TPSA) is 17.8 Å². The lowest BCUT2D eigenvalue weighted by molar-refractivity contribution is 0.331. The van der Waals surface area contributed by atoms with Crippen molar-refractivity contribution in [1.29, 1.82) is 0 Å². The van der Waals surface area contributed by atoms with Crippen LogP contribution in [0.5, 0.6) is 0 Å². The van der Waals surface area contributed by atoms with Crippen molar-refractivity contribution < 1.29 is 0 Å². The molecular weight excluding hydrogens is 244 g/mol. The summed E-state index contributed by atoms with van der Waals surface area (Å²) < 4.78 is 2.40. The van der Waals surface area contributed by atoms with Gasteiger partial charge >= 0.3 is 0 Å². The molecule has 1 saturated carbocycles. The highest BCUT2D eigenvalue weighted by molar-refractivity contribution is 6.16. The lowest BCUT2D eigenvalue weighted by Crippen LogP contribution is -2.27. The van der Waals surface area contributed by atoms with Crippen molar-refractivity contribution in [3.63, 3.8) is 0 Å². The second kappa shape index (κ2) is 4.27. The maximum atomic E-state index is 6.10. The average Bonchev–Trinajstić information content (AvgIpc) is 2.92. The molecule has 3 rings (SSSR count). The number of aromatic nitrogens is 2. The van der Waals surface area contributed by atoms with E-state index in [9.17, 15) is 0 Å². The molecular formula is C15H19ClN2. The van der Waals surface area contributed by atoms with Crippen molar-refractivity contribution in [1.82, 2.24) is 9.55 Å². The minimum absolute atomic E-state index is 0.201.